The Morgan fingerprint density at radius 2 is 2.00 bits per heavy atom. The maximum absolute atomic E-state index is 11.6. The van der Waals surface area contributed by atoms with Gasteiger partial charge in [0.2, 0.25) is 5.91 Å². The molecular formula is C13H23NO3. The van der Waals surface area contributed by atoms with Gasteiger partial charge in [-0.1, -0.05) is 20.8 Å². The van der Waals surface area contributed by atoms with Gasteiger partial charge in [-0.3, -0.25) is 9.59 Å². The van der Waals surface area contributed by atoms with E-state index in [-0.39, 0.29) is 24.2 Å². The lowest BCUT2D eigenvalue weighted by Crippen LogP contribution is -2.32. The minimum atomic E-state index is -0.787. The molecule has 0 saturated heterocycles. The Bertz CT molecular complexity index is 288. The van der Waals surface area contributed by atoms with Crippen LogP contribution in [0.25, 0.3) is 0 Å². The maximum atomic E-state index is 11.6. The number of carbonyl (C=O) groups is 2. The quantitative estimate of drug-likeness (QED) is 0.715. The first-order valence-electron chi connectivity index (χ1n) is 6.39. The van der Waals surface area contributed by atoms with Crippen LogP contribution in [-0.2, 0) is 9.59 Å². The third-order valence-electron chi connectivity index (χ3n) is 3.28. The summed E-state index contributed by atoms with van der Waals surface area (Å²) >= 11 is 0. The van der Waals surface area contributed by atoms with E-state index < -0.39 is 5.97 Å². The molecule has 0 aliphatic heterocycles. The normalized spacial score (nSPS) is 24.5. The third-order valence-corrected chi connectivity index (χ3v) is 3.28. The molecule has 2 N–H and O–H groups in total. The van der Waals surface area contributed by atoms with Crippen molar-refractivity contribution in [1.82, 2.24) is 5.32 Å². The van der Waals surface area contributed by atoms with Crippen LogP contribution >= 0.6 is 0 Å². The van der Waals surface area contributed by atoms with Crippen LogP contribution in [0.2, 0.25) is 0 Å². The van der Waals surface area contributed by atoms with Gasteiger partial charge < -0.3 is 10.4 Å². The van der Waals surface area contributed by atoms with E-state index in [1.165, 1.54) is 0 Å². The van der Waals surface area contributed by atoms with E-state index in [4.69, 9.17) is 5.11 Å². The standard InChI is InChI=1S/C13H23NO3/c1-8(2)4-10(6-12(15)16)7-14-13(17)11-5-9(11)3/h8-11H,4-7H2,1-3H3,(H,14,17)(H,15,16). The highest BCUT2D eigenvalue weighted by molar-refractivity contribution is 5.81. The molecule has 0 spiro atoms. The van der Waals surface area contributed by atoms with Gasteiger partial charge in [0.15, 0.2) is 0 Å². The Morgan fingerprint density at radius 3 is 2.41 bits per heavy atom. The summed E-state index contributed by atoms with van der Waals surface area (Å²) in [6.45, 7) is 6.69. The monoisotopic (exact) mass is 241 g/mol. The van der Waals surface area contributed by atoms with Gasteiger partial charge in [0.25, 0.3) is 0 Å². The highest BCUT2D eigenvalue weighted by Gasteiger charge is 2.39. The van der Waals surface area contributed by atoms with Gasteiger partial charge in [-0.05, 0) is 30.6 Å². The molecule has 0 radical (unpaired) electrons. The molecule has 1 amide bonds. The van der Waals surface area contributed by atoms with Gasteiger partial charge in [-0.15, -0.1) is 0 Å². The van der Waals surface area contributed by atoms with Crippen molar-refractivity contribution in [3.63, 3.8) is 0 Å². The van der Waals surface area contributed by atoms with Crippen LogP contribution in [0.4, 0.5) is 0 Å². The molecule has 4 nitrogen and oxygen atoms in total. The average Bonchev–Trinajstić information content (AvgIpc) is 2.89. The predicted molar refractivity (Wildman–Crippen MR) is 65.5 cm³/mol. The van der Waals surface area contributed by atoms with Gasteiger partial charge in [0.1, 0.15) is 0 Å². The minimum absolute atomic E-state index is 0.0468. The van der Waals surface area contributed by atoms with E-state index in [9.17, 15) is 9.59 Å². The zero-order valence-electron chi connectivity index (χ0n) is 10.9. The van der Waals surface area contributed by atoms with Crippen LogP contribution in [0.15, 0.2) is 0 Å². The second kappa shape index (κ2) is 6.03. The Balaban J connectivity index is 2.32. The summed E-state index contributed by atoms with van der Waals surface area (Å²) in [6, 6.07) is 0. The molecule has 1 aliphatic rings. The summed E-state index contributed by atoms with van der Waals surface area (Å²) in [4.78, 5) is 22.4. The SMILES string of the molecule is CC(C)CC(CNC(=O)C1CC1C)CC(=O)O. The molecule has 17 heavy (non-hydrogen) atoms. The van der Waals surface area contributed by atoms with Gasteiger partial charge in [-0.25, -0.2) is 0 Å². The van der Waals surface area contributed by atoms with Crippen molar-refractivity contribution in [3.05, 3.63) is 0 Å². The molecule has 1 saturated carbocycles. The first-order chi connectivity index (χ1) is 7.90. The summed E-state index contributed by atoms with van der Waals surface area (Å²) in [5, 5.41) is 11.7. The fraction of sp³-hybridized carbons (Fsp3) is 0.846. The van der Waals surface area contributed by atoms with Crippen molar-refractivity contribution in [3.8, 4) is 0 Å². The van der Waals surface area contributed by atoms with E-state index in [1.807, 2.05) is 0 Å². The first-order valence-corrected chi connectivity index (χ1v) is 6.39. The molecular weight excluding hydrogens is 218 g/mol. The number of carbonyl (C=O) groups excluding carboxylic acids is 1. The number of hydrogen-bond donors (Lipinski definition) is 2. The maximum Gasteiger partial charge on any atom is 0.303 e. The molecule has 3 unspecified atom stereocenters. The van der Waals surface area contributed by atoms with E-state index >= 15 is 0 Å². The summed E-state index contributed by atoms with van der Waals surface area (Å²) in [6.07, 6.45) is 1.95. The van der Waals surface area contributed by atoms with Gasteiger partial charge >= 0.3 is 5.97 Å². The van der Waals surface area contributed by atoms with E-state index in [1.54, 1.807) is 0 Å². The van der Waals surface area contributed by atoms with Crippen molar-refractivity contribution in [2.24, 2.45) is 23.7 Å². The topological polar surface area (TPSA) is 66.4 Å². The molecule has 0 aromatic heterocycles. The summed E-state index contributed by atoms with van der Waals surface area (Å²) in [5.41, 5.74) is 0. The summed E-state index contributed by atoms with van der Waals surface area (Å²) < 4.78 is 0. The van der Waals surface area contributed by atoms with Crippen molar-refractivity contribution in [2.75, 3.05) is 6.54 Å². The van der Waals surface area contributed by atoms with Gasteiger partial charge in [-0.2, -0.15) is 0 Å². The van der Waals surface area contributed by atoms with Gasteiger partial charge in [0.05, 0.1) is 0 Å². The minimum Gasteiger partial charge on any atom is -0.481 e. The highest BCUT2D eigenvalue weighted by Crippen LogP contribution is 2.37. The number of nitrogens with one attached hydrogen (secondary N) is 1. The number of hydrogen-bond acceptors (Lipinski definition) is 2. The molecule has 1 aliphatic carbocycles. The smallest absolute Gasteiger partial charge is 0.303 e. The van der Waals surface area contributed by atoms with E-state index in [0.29, 0.717) is 18.4 Å². The van der Waals surface area contributed by atoms with Crippen molar-refractivity contribution in [2.45, 2.75) is 40.0 Å². The second-order valence-electron chi connectivity index (χ2n) is 5.66. The van der Waals surface area contributed by atoms with Crippen LogP contribution in [0.5, 0.6) is 0 Å². The highest BCUT2D eigenvalue weighted by atomic mass is 16.4. The summed E-state index contributed by atoms with van der Waals surface area (Å²) in [5.74, 6) is 0.473. The number of carboxylic acid groups (broad SMARTS) is 1. The van der Waals surface area contributed by atoms with Crippen LogP contribution in [0.3, 0.4) is 0 Å². The van der Waals surface area contributed by atoms with Crippen molar-refractivity contribution >= 4 is 11.9 Å². The van der Waals surface area contributed by atoms with E-state index in [2.05, 4.69) is 26.1 Å². The number of aliphatic carboxylic acids is 1. The molecule has 4 heteroatoms. The Morgan fingerprint density at radius 1 is 1.41 bits per heavy atom. The van der Waals surface area contributed by atoms with Crippen LogP contribution < -0.4 is 5.32 Å². The Hall–Kier alpha value is -1.06. The molecule has 0 aromatic carbocycles. The van der Waals surface area contributed by atoms with Crippen LogP contribution in [0.1, 0.15) is 40.0 Å². The number of carboxylic acids is 1. The lowest BCUT2D eigenvalue weighted by molar-refractivity contribution is -0.138. The number of amides is 1. The third kappa shape index (κ3) is 5.20. The zero-order chi connectivity index (χ0) is 13.0. The first kappa shape index (κ1) is 14.0. The molecule has 1 fully saturated rings. The fourth-order valence-electron chi connectivity index (χ4n) is 2.22. The van der Waals surface area contributed by atoms with Crippen LogP contribution in [0, 0.1) is 23.7 Å². The Kier molecular flexibility index (Phi) is 4.97. The van der Waals surface area contributed by atoms with E-state index in [0.717, 1.165) is 12.8 Å². The zero-order valence-corrected chi connectivity index (χ0v) is 10.9. The largest absolute Gasteiger partial charge is 0.481 e. The van der Waals surface area contributed by atoms with Crippen molar-refractivity contribution < 1.29 is 14.7 Å². The molecule has 0 bridgehead atoms. The number of rotatable bonds is 7. The Labute approximate surface area is 103 Å². The van der Waals surface area contributed by atoms with Crippen LogP contribution in [-0.4, -0.2) is 23.5 Å². The predicted octanol–water partition coefficient (Wildman–Crippen LogP) is 1.90. The molecule has 0 heterocycles. The van der Waals surface area contributed by atoms with Gasteiger partial charge in [0, 0.05) is 18.9 Å². The lowest BCUT2D eigenvalue weighted by Gasteiger charge is -2.17. The fourth-order valence-corrected chi connectivity index (χ4v) is 2.22. The van der Waals surface area contributed by atoms with Crippen molar-refractivity contribution in [1.29, 1.82) is 0 Å². The lowest BCUT2D eigenvalue weighted by atomic mass is 9.94. The molecule has 1 rings (SSSR count). The average molecular weight is 241 g/mol. The summed E-state index contributed by atoms with van der Waals surface area (Å²) in [7, 11) is 0. The molecule has 3 atom stereocenters. The second-order valence-corrected chi connectivity index (χ2v) is 5.66. The molecule has 98 valence electrons. The molecule has 0 aromatic rings.